The van der Waals surface area contributed by atoms with Gasteiger partial charge in [0, 0.05) is 6.04 Å². The predicted molar refractivity (Wildman–Crippen MR) is 38.0 cm³/mol. The van der Waals surface area contributed by atoms with Gasteiger partial charge in [0.25, 0.3) is 0 Å². The van der Waals surface area contributed by atoms with Crippen LogP contribution < -0.4 is 5.73 Å². The quantitative estimate of drug-likeness (QED) is 0.563. The molecule has 52 valence electrons. The Kier molecular flexibility index (Phi) is 1.10. The zero-order valence-corrected chi connectivity index (χ0v) is 6.01. The second-order valence-corrected chi connectivity index (χ2v) is 3.76. The highest BCUT2D eigenvalue weighted by Crippen LogP contribution is 2.55. The molecule has 0 aliphatic heterocycles. The number of nitrogens with two attached hydrogens (primary N) is 1. The SMILES string of the molecule is C[C@H](N)C1CCC2CC21. The van der Waals surface area contributed by atoms with Gasteiger partial charge in [-0.15, -0.1) is 0 Å². The third-order valence-electron chi connectivity index (χ3n) is 3.07. The first-order valence-electron chi connectivity index (χ1n) is 4.04. The Bertz CT molecular complexity index is 120. The molecule has 2 fully saturated rings. The zero-order valence-electron chi connectivity index (χ0n) is 6.01. The Labute approximate surface area is 56.6 Å². The molecule has 1 heteroatoms. The summed E-state index contributed by atoms with van der Waals surface area (Å²) < 4.78 is 0. The van der Waals surface area contributed by atoms with Crippen LogP contribution in [0.3, 0.4) is 0 Å². The van der Waals surface area contributed by atoms with Gasteiger partial charge < -0.3 is 5.73 Å². The fourth-order valence-corrected chi connectivity index (χ4v) is 2.40. The summed E-state index contributed by atoms with van der Waals surface area (Å²) in [7, 11) is 0. The van der Waals surface area contributed by atoms with E-state index in [0.29, 0.717) is 6.04 Å². The largest absolute Gasteiger partial charge is 0.328 e. The molecule has 9 heavy (non-hydrogen) atoms. The van der Waals surface area contributed by atoms with E-state index in [9.17, 15) is 0 Å². The van der Waals surface area contributed by atoms with Crippen LogP contribution in [0.15, 0.2) is 0 Å². The van der Waals surface area contributed by atoms with Crippen LogP contribution in [0.4, 0.5) is 0 Å². The van der Waals surface area contributed by atoms with Crippen LogP contribution in [0.2, 0.25) is 0 Å². The molecule has 2 saturated carbocycles. The van der Waals surface area contributed by atoms with Gasteiger partial charge in [-0.05, 0) is 43.9 Å². The van der Waals surface area contributed by atoms with E-state index in [1.165, 1.54) is 19.3 Å². The summed E-state index contributed by atoms with van der Waals surface area (Å²) in [6, 6.07) is 0.461. The molecule has 2 rings (SSSR count). The Morgan fingerprint density at radius 3 is 2.44 bits per heavy atom. The van der Waals surface area contributed by atoms with Gasteiger partial charge in [-0.3, -0.25) is 0 Å². The van der Waals surface area contributed by atoms with Crippen LogP contribution in [0, 0.1) is 17.8 Å². The minimum Gasteiger partial charge on any atom is -0.328 e. The Morgan fingerprint density at radius 1 is 1.44 bits per heavy atom. The topological polar surface area (TPSA) is 26.0 Å². The van der Waals surface area contributed by atoms with Crippen molar-refractivity contribution in [3.8, 4) is 0 Å². The van der Waals surface area contributed by atoms with Crippen molar-refractivity contribution in [2.45, 2.75) is 32.2 Å². The van der Waals surface area contributed by atoms with Crippen molar-refractivity contribution in [2.24, 2.45) is 23.5 Å². The van der Waals surface area contributed by atoms with Crippen molar-refractivity contribution in [2.75, 3.05) is 0 Å². The van der Waals surface area contributed by atoms with E-state index in [2.05, 4.69) is 6.92 Å². The minimum absolute atomic E-state index is 0.461. The van der Waals surface area contributed by atoms with Crippen molar-refractivity contribution < 1.29 is 0 Å². The van der Waals surface area contributed by atoms with Gasteiger partial charge in [0.1, 0.15) is 0 Å². The summed E-state index contributed by atoms with van der Waals surface area (Å²) in [4.78, 5) is 0. The molecule has 2 aliphatic carbocycles. The molecule has 0 radical (unpaired) electrons. The minimum atomic E-state index is 0.461. The lowest BCUT2D eigenvalue weighted by atomic mass is 9.97. The molecule has 4 atom stereocenters. The predicted octanol–water partition coefficient (Wildman–Crippen LogP) is 1.38. The summed E-state index contributed by atoms with van der Waals surface area (Å²) in [5.74, 6) is 3.03. The number of fused-ring (bicyclic) bond motifs is 1. The van der Waals surface area contributed by atoms with Gasteiger partial charge >= 0.3 is 0 Å². The summed E-state index contributed by atoms with van der Waals surface area (Å²) in [5, 5.41) is 0. The monoisotopic (exact) mass is 125 g/mol. The van der Waals surface area contributed by atoms with Crippen LogP contribution in [-0.4, -0.2) is 6.04 Å². The summed E-state index contributed by atoms with van der Waals surface area (Å²) in [6.07, 6.45) is 4.37. The normalized spacial score (nSPS) is 50.7. The van der Waals surface area contributed by atoms with E-state index < -0.39 is 0 Å². The number of hydrogen-bond acceptors (Lipinski definition) is 1. The van der Waals surface area contributed by atoms with E-state index in [1.807, 2.05) is 0 Å². The van der Waals surface area contributed by atoms with Crippen molar-refractivity contribution in [3.05, 3.63) is 0 Å². The van der Waals surface area contributed by atoms with Crippen LogP contribution in [0.25, 0.3) is 0 Å². The maximum atomic E-state index is 5.81. The first kappa shape index (κ1) is 5.72. The second kappa shape index (κ2) is 1.72. The fourth-order valence-electron chi connectivity index (χ4n) is 2.40. The molecular weight excluding hydrogens is 110 g/mol. The van der Waals surface area contributed by atoms with Gasteiger partial charge in [-0.25, -0.2) is 0 Å². The van der Waals surface area contributed by atoms with Crippen molar-refractivity contribution >= 4 is 0 Å². The molecule has 0 amide bonds. The van der Waals surface area contributed by atoms with Gasteiger partial charge in [-0.1, -0.05) is 0 Å². The Balaban J connectivity index is 1.98. The summed E-state index contributed by atoms with van der Waals surface area (Å²) in [5.41, 5.74) is 5.81. The molecule has 0 aromatic heterocycles. The molecule has 0 aromatic carbocycles. The van der Waals surface area contributed by atoms with Crippen LogP contribution in [0.1, 0.15) is 26.2 Å². The van der Waals surface area contributed by atoms with Gasteiger partial charge in [0.05, 0.1) is 0 Å². The fraction of sp³-hybridized carbons (Fsp3) is 1.00. The molecule has 3 unspecified atom stereocenters. The Morgan fingerprint density at radius 2 is 2.22 bits per heavy atom. The van der Waals surface area contributed by atoms with Crippen LogP contribution >= 0.6 is 0 Å². The first-order chi connectivity index (χ1) is 4.29. The van der Waals surface area contributed by atoms with E-state index in [-0.39, 0.29) is 0 Å². The van der Waals surface area contributed by atoms with E-state index >= 15 is 0 Å². The molecule has 2 N–H and O–H groups in total. The highest BCUT2D eigenvalue weighted by atomic mass is 14.7. The van der Waals surface area contributed by atoms with Crippen molar-refractivity contribution in [1.82, 2.24) is 0 Å². The summed E-state index contributed by atoms with van der Waals surface area (Å²) >= 11 is 0. The standard InChI is InChI=1S/C8H15N/c1-5(9)7-3-2-6-4-8(6)7/h5-8H,2-4,9H2,1H3/t5-,6?,7?,8?/m0/s1. The van der Waals surface area contributed by atoms with Crippen LogP contribution in [-0.2, 0) is 0 Å². The van der Waals surface area contributed by atoms with Gasteiger partial charge in [-0.2, -0.15) is 0 Å². The van der Waals surface area contributed by atoms with E-state index in [0.717, 1.165) is 17.8 Å². The molecule has 0 bridgehead atoms. The highest BCUT2D eigenvalue weighted by molar-refractivity contribution is 4.99. The lowest BCUT2D eigenvalue weighted by Crippen LogP contribution is -2.26. The van der Waals surface area contributed by atoms with E-state index in [4.69, 9.17) is 5.73 Å². The average molecular weight is 125 g/mol. The third-order valence-corrected chi connectivity index (χ3v) is 3.07. The smallest absolute Gasteiger partial charge is 0.00415 e. The first-order valence-corrected chi connectivity index (χ1v) is 4.04. The van der Waals surface area contributed by atoms with Crippen molar-refractivity contribution in [3.63, 3.8) is 0 Å². The molecule has 0 spiro atoms. The van der Waals surface area contributed by atoms with Gasteiger partial charge in [0.15, 0.2) is 0 Å². The molecule has 2 aliphatic rings. The maximum Gasteiger partial charge on any atom is 0.00415 e. The Hall–Kier alpha value is -0.0400. The molecular formula is C8H15N. The maximum absolute atomic E-state index is 5.81. The number of hydrogen-bond donors (Lipinski definition) is 1. The third kappa shape index (κ3) is 0.787. The van der Waals surface area contributed by atoms with Crippen LogP contribution in [0.5, 0.6) is 0 Å². The summed E-state index contributed by atoms with van der Waals surface area (Å²) in [6.45, 7) is 2.16. The lowest BCUT2D eigenvalue weighted by molar-refractivity contribution is 0.407. The van der Waals surface area contributed by atoms with Gasteiger partial charge in [0.2, 0.25) is 0 Å². The molecule has 1 nitrogen and oxygen atoms in total. The van der Waals surface area contributed by atoms with E-state index in [1.54, 1.807) is 0 Å². The second-order valence-electron chi connectivity index (χ2n) is 3.76. The van der Waals surface area contributed by atoms with Crippen molar-refractivity contribution in [1.29, 1.82) is 0 Å². The highest BCUT2D eigenvalue weighted by Gasteiger charge is 2.48. The molecule has 0 heterocycles. The molecule has 0 saturated heterocycles. The number of rotatable bonds is 1. The molecule has 0 aromatic rings. The average Bonchev–Trinajstić information content (AvgIpc) is 2.43. The lowest BCUT2D eigenvalue weighted by Gasteiger charge is -2.14. The zero-order chi connectivity index (χ0) is 6.43.